The summed E-state index contributed by atoms with van der Waals surface area (Å²) in [6.45, 7) is 8.50. The molecule has 106 valence electrons. The van der Waals surface area contributed by atoms with E-state index >= 15 is 0 Å². The van der Waals surface area contributed by atoms with Crippen LogP contribution in [-0.2, 0) is 33.4 Å². The van der Waals surface area contributed by atoms with Crippen molar-refractivity contribution in [2.45, 2.75) is 13.8 Å². The van der Waals surface area contributed by atoms with E-state index in [9.17, 15) is 0 Å². The molecule has 0 aliphatic carbocycles. The van der Waals surface area contributed by atoms with E-state index in [0.717, 1.165) is 0 Å². The zero-order valence-electron chi connectivity index (χ0n) is 8.67. The van der Waals surface area contributed by atoms with E-state index in [4.69, 9.17) is 43.3 Å². The molecule has 0 saturated heterocycles. The van der Waals surface area contributed by atoms with Crippen molar-refractivity contribution >= 4 is 32.0 Å². The fourth-order valence-corrected chi connectivity index (χ4v) is 0. The van der Waals surface area contributed by atoms with Crippen molar-refractivity contribution in [3.63, 3.8) is 0 Å². The molecule has 0 rings (SSSR count). The number of hydrogen-bond acceptors (Lipinski definition) is 8. The summed E-state index contributed by atoms with van der Waals surface area (Å²) in [4.78, 5) is 62.8. The van der Waals surface area contributed by atoms with Crippen LogP contribution in [0, 0.1) is 16.6 Å². The normalized spacial score (nSPS) is 2.12. The Labute approximate surface area is 107 Å². The van der Waals surface area contributed by atoms with Gasteiger partial charge in [-0.05, 0) is 0 Å². The molecule has 11 heteroatoms. The number of rotatable bonds is 0. The maximum Gasteiger partial charge on any atom is 0 e. The minimum absolute atomic E-state index is 0. The summed E-state index contributed by atoms with van der Waals surface area (Å²) in [6.07, 6.45) is 0.750. The molecule has 0 aliphatic heterocycles. The van der Waals surface area contributed by atoms with Gasteiger partial charge < -0.3 is 5.48 Å². The van der Waals surface area contributed by atoms with Crippen LogP contribution in [0.3, 0.4) is 0 Å². The van der Waals surface area contributed by atoms with Crippen LogP contribution in [0.2, 0.25) is 0 Å². The van der Waals surface area contributed by atoms with Gasteiger partial charge in [0.25, 0.3) is 0 Å². The molecule has 10 nitrogen and oxygen atoms in total. The van der Waals surface area contributed by atoms with Crippen LogP contribution in [0.15, 0.2) is 0 Å². The number of carbonyl (C=O) groups excluding carboxylic acids is 6. The molecule has 17 heavy (non-hydrogen) atoms. The van der Waals surface area contributed by atoms with Gasteiger partial charge in [-0.2, -0.15) is 42.3 Å². The Kier molecular flexibility index (Phi) is 13000. The predicted molar refractivity (Wildman–Crippen MR) is 57.4 cm³/mol. The first-order valence-corrected chi connectivity index (χ1v) is 2.60. The summed E-state index contributed by atoms with van der Waals surface area (Å²) in [5, 5.41) is 0. The third-order valence-electron chi connectivity index (χ3n) is 0. The van der Waals surface area contributed by atoms with Gasteiger partial charge in [-0.15, -0.1) is 0 Å². The van der Waals surface area contributed by atoms with Gasteiger partial charge in [0.05, 0.1) is 0 Å². The largest absolute Gasteiger partial charge is 0 e. The first kappa shape index (κ1) is 61.0. The average Bonchev–Trinajstić information content (AvgIpc) is 2.29. The minimum atomic E-state index is 0. The number of hydrogen-bond donors (Lipinski definition) is 0. The van der Waals surface area contributed by atoms with Crippen LogP contribution < -0.4 is 0 Å². The molecule has 0 spiro atoms. The zero-order chi connectivity index (χ0) is 14.1. The molecule has 0 aliphatic rings. The third-order valence-corrected chi connectivity index (χ3v) is 0. The Morgan fingerprint density at radius 2 is 0.765 bits per heavy atom. The molecule has 2 N–H and O–H groups in total. The summed E-state index contributed by atoms with van der Waals surface area (Å²) in [6, 6.07) is 0. The van der Waals surface area contributed by atoms with Gasteiger partial charge in [-0.1, -0.05) is 13.8 Å². The summed E-state index contributed by atoms with van der Waals surface area (Å²) >= 11 is 0. The smallest absolute Gasteiger partial charge is 0 e. The molecule has 0 aromatic carbocycles. The summed E-state index contributed by atoms with van der Waals surface area (Å²) < 4.78 is 7.50. The predicted octanol–water partition coefficient (Wildman–Crippen LogP) is -0.669. The van der Waals surface area contributed by atoms with Gasteiger partial charge in [0.15, 0.2) is 0 Å². The Bertz CT molecular complexity index is 166. The maximum absolute atomic E-state index is 8.12. The minimum Gasteiger partial charge on any atom is 0 e. The maximum atomic E-state index is 8.12. The first-order valence-electron chi connectivity index (χ1n) is 2.60. The van der Waals surface area contributed by atoms with Gasteiger partial charge in [0, 0.05) is 14.2 Å². The van der Waals surface area contributed by atoms with Crippen LogP contribution in [0.5, 0.6) is 0 Å². The van der Waals surface area contributed by atoms with E-state index in [2.05, 4.69) is 6.65 Å². The Morgan fingerprint density at radius 1 is 0.765 bits per heavy atom. The topological polar surface area (TPSA) is 188 Å². The molecule has 0 aromatic rings. The molecular weight excluding hydrogens is 264 g/mol. The van der Waals surface area contributed by atoms with Crippen LogP contribution >= 0.6 is 13.5 Å². The van der Waals surface area contributed by atoms with E-state index in [1.807, 2.05) is 13.8 Å². The molecular formula is C6H16O10S. The van der Waals surface area contributed by atoms with Gasteiger partial charge in [0.1, 0.15) is 0 Å². The van der Waals surface area contributed by atoms with Gasteiger partial charge in [-0.3, -0.25) is 0 Å². The molecule has 0 bridgehead atoms. The zero-order valence-corrected chi connectivity index (χ0v) is 9.67. The molecule has 0 heterocycles. The molecule has 0 fully saturated rings. The van der Waals surface area contributed by atoms with Crippen molar-refractivity contribution in [1.29, 1.82) is 0 Å². The Morgan fingerprint density at radius 3 is 0.765 bits per heavy atom. The first-order chi connectivity index (χ1) is 7.24. The monoisotopic (exact) mass is 280 g/mol. The van der Waals surface area contributed by atoms with E-state index in [-0.39, 0.29) is 41.7 Å². The van der Waals surface area contributed by atoms with Crippen LogP contribution in [-0.4, -0.2) is 23.9 Å². The average molecular weight is 280 g/mol. The Hall–Kier alpha value is -2.21. The van der Waals surface area contributed by atoms with Crippen molar-refractivity contribution in [3.05, 3.63) is 16.6 Å². The van der Waals surface area contributed by atoms with Crippen molar-refractivity contribution in [3.8, 4) is 0 Å². The second-order valence-corrected chi connectivity index (χ2v) is 0.250. The SMILES string of the molecule is CC.O.O=C=O.O=C=O.O=C=O.O=O.S.[C-]#[O+].[HH].[HH].[HH]. The van der Waals surface area contributed by atoms with Gasteiger partial charge >= 0.3 is 29.8 Å². The third kappa shape index (κ3) is 392. The van der Waals surface area contributed by atoms with E-state index < -0.39 is 0 Å². The van der Waals surface area contributed by atoms with Crippen LogP contribution in [0.4, 0.5) is 0 Å². The molecule has 0 aromatic heterocycles. The quantitative estimate of drug-likeness (QED) is 0.412. The molecule has 0 saturated carbocycles. The molecule has 0 unspecified atom stereocenters. The molecule has 0 amide bonds. The van der Waals surface area contributed by atoms with Crippen molar-refractivity contribution in [2.75, 3.05) is 0 Å². The molecule has 0 atom stereocenters. The summed E-state index contributed by atoms with van der Waals surface area (Å²) in [5.41, 5.74) is 0. The van der Waals surface area contributed by atoms with E-state index in [1.54, 1.807) is 0 Å². The summed E-state index contributed by atoms with van der Waals surface area (Å²) in [7, 11) is 0. The van der Waals surface area contributed by atoms with Gasteiger partial charge in [0.2, 0.25) is 0 Å². The van der Waals surface area contributed by atoms with Gasteiger partial charge in [-0.25, -0.2) is 0 Å². The van der Waals surface area contributed by atoms with E-state index in [0.29, 0.717) is 0 Å². The standard InChI is InChI=1S/C2H6.3CO2.CO.O2.H2O.H2S.3H2/c1-2;3*2-1-3;2*1-2;;;;;/h1-2H3;;;;;;2*1H2;3*1H. The second kappa shape index (κ2) is 3610. The van der Waals surface area contributed by atoms with Crippen LogP contribution in [0.25, 0.3) is 0 Å². The Balaban J connectivity index is -0.00000000520. The van der Waals surface area contributed by atoms with Crippen LogP contribution in [0.1, 0.15) is 18.1 Å². The fraction of sp³-hybridized carbons (Fsp3) is 0.333. The summed E-state index contributed by atoms with van der Waals surface area (Å²) in [5.74, 6) is 0. The fourth-order valence-electron chi connectivity index (χ4n) is 0. The van der Waals surface area contributed by atoms with Crippen molar-refractivity contribution in [2.24, 2.45) is 0 Å². The second-order valence-electron chi connectivity index (χ2n) is 0.250. The van der Waals surface area contributed by atoms with Crippen molar-refractivity contribution in [1.82, 2.24) is 0 Å². The van der Waals surface area contributed by atoms with Crippen molar-refractivity contribution < 1.29 is 43.2 Å². The van der Waals surface area contributed by atoms with E-state index in [1.165, 1.54) is 0 Å². The molecule has 0 radical (unpaired) electrons.